The number of nitrogens with one attached hydrogen (secondary N) is 2. The van der Waals surface area contributed by atoms with Crippen LogP contribution in [0.25, 0.3) is 0 Å². The van der Waals surface area contributed by atoms with Gasteiger partial charge in [-0.15, -0.1) is 0 Å². The number of nitrogens with zero attached hydrogens (tertiary/aromatic N) is 3. The average Bonchev–Trinajstić information content (AvgIpc) is 2.64. The molecule has 1 aromatic heterocycles. The van der Waals surface area contributed by atoms with E-state index in [2.05, 4.69) is 25.6 Å². The van der Waals surface area contributed by atoms with Crippen molar-refractivity contribution in [2.45, 2.75) is 6.92 Å². The Morgan fingerprint density at radius 1 is 0.840 bits per heavy atom. The third kappa shape index (κ3) is 3.95. The number of methoxy groups -OCH3 is 2. The molecule has 128 valence electrons. The van der Waals surface area contributed by atoms with Gasteiger partial charge in [0.05, 0.1) is 14.2 Å². The summed E-state index contributed by atoms with van der Waals surface area (Å²) < 4.78 is 10.5. The number of hydrogen-bond donors (Lipinski definition) is 2. The van der Waals surface area contributed by atoms with Crippen molar-refractivity contribution >= 4 is 23.3 Å². The van der Waals surface area contributed by atoms with E-state index in [9.17, 15) is 0 Å². The molecule has 0 amide bonds. The molecule has 2 N–H and O–H groups in total. The molecule has 0 saturated heterocycles. The van der Waals surface area contributed by atoms with Crippen molar-refractivity contribution in [1.82, 2.24) is 15.0 Å². The molecule has 0 aliphatic carbocycles. The van der Waals surface area contributed by atoms with Crippen molar-refractivity contribution in [3.8, 4) is 11.5 Å². The lowest BCUT2D eigenvalue weighted by atomic mass is 10.2. The number of para-hydroxylation sites is 1. The van der Waals surface area contributed by atoms with Gasteiger partial charge < -0.3 is 20.1 Å². The first kappa shape index (κ1) is 16.5. The van der Waals surface area contributed by atoms with E-state index in [0.29, 0.717) is 23.4 Å². The van der Waals surface area contributed by atoms with Crippen molar-refractivity contribution in [3.05, 3.63) is 54.4 Å². The molecule has 0 fully saturated rings. The fourth-order valence-electron chi connectivity index (χ4n) is 2.29. The predicted molar refractivity (Wildman–Crippen MR) is 97.1 cm³/mol. The molecule has 0 spiro atoms. The highest BCUT2D eigenvalue weighted by molar-refractivity contribution is 5.62. The first-order valence-electron chi connectivity index (χ1n) is 7.70. The van der Waals surface area contributed by atoms with Crippen LogP contribution >= 0.6 is 0 Å². The summed E-state index contributed by atoms with van der Waals surface area (Å²) >= 11 is 0. The summed E-state index contributed by atoms with van der Waals surface area (Å²) in [5.41, 5.74) is 2.84. The van der Waals surface area contributed by atoms with Crippen molar-refractivity contribution in [3.63, 3.8) is 0 Å². The van der Waals surface area contributed by atoms with Crippen LogP contribution in [0.2, 0.25) is 0 Å². The highest BCUT2D eigenvalue weighted by atomic mass is 16.5. The maximum absolute atomic E-state index is 5.30. The van der Waals surface area contributed by atoms with Crippen molar-refractivity contribution < 1.29 is 9.47 Å². The lowest BCUT2D eigenvalue weighted by Crippen LogP contribution is -2.03. The van der Waals surface area contributed by atoms with E-state index in [1.54, 1.807) is 14.2 Å². The summed E-state index contributed by atoms with van der Waals surface area (Å²) in [4.78, 5) is 12.7. The van der Waals surface area contributed by atoms with Crippen molar-refractivity contribution in [2.24, 2.45) is 0 Å². The molecular formula is C18H19N5O2. The number of aromatic nitrogens is 3. The number of ether oxygens (including phenoxy) is 2. The number of aryl methyl sites for hydroxylation is 1. The maximum Gasteiger partial charge on any atom is 0.232 e. The zero-order valence-electron chi connectivity index (χ0n) is 14.3. The molecule has 2 aromatic carbocycles. The quantitative estimate of drug-likeness (QED) is 0.710. The molecule has 7 nitrogen and oxygen atoms in total. The third-order valence-corrected chi connectivity index (χ3v) is 3.60. The van der Waals surface area contributed by atoms with Gasteiger partial charge in [0.1, 0.15) is 6.33 Å². The maximum atomic E-state index is 5.30. The Morgan fingerprint density at radius 3 is 2.28 bits per heavy atom. The van der Waals surface area contributed by atoms with Crippen LogP contribution in [0, 0.1) is 6.92 Å². The molecule has 0 saturated carbocycles. The Bertz CT molecular complexity index is 870. The average molecular weight is 337 g/mol. The lowest BCUT2D eigenvalue weighted by molar-refractivity contribution is 0.355. The minimum Gasteiger partial charge on any atom is -0.493 e. The standard InChI is InChI=1S/C18H19N5O2/c1-12-6-4-5-7-14(12)22-18-20-11-19-17(23-18)21-13-8-9-15(24-2)16(10-13)25-3/h4-11H,1-3H3,(H2,19,20,21,22,23). The normalized spacial score (nSPS) is 10.2. The molecule has 1 heterocycles. The zero-order valence-corrected chi connectivity index (χ0v) is 14.3. The predicted octanol–water partition coefficient (Wildman–Crippen LogP) is 3.68. The van der Waals surface area contributed by atoms with E-state index in [1.807, 2.05) is 49.4 Å². The molecule has 3 rings (SSSR count). The van der Waals surface area contributed by atoms with Crippen molar-refractivity contribution in [2.75, 3.05) is 24.9 Å². The van der Waals surface area contributed by atoms with Crippen LogP contribution in [0.3, 0.4) is 0 Å². The molecule has 0 aliphatic heterocycles. The van der Waals surface area contributed by atoms with Gasteiger partial charge in [-0.1, -0.05) is 18.2 Å². The van der Waals surface area contributed by atoms with Crippen LogP contribution in [-0.4, -0.2) is 29.2 Å². The SMILES string of the molecule is COc1ccc(Nc2ncnc(Nc3ccccc3C)n2)cc1OC. The first-order chi connectivity index (χ1) is 12.2. The highest BCUT2D eigenvalue weighted by Crippen LogP contribution is 2.30. The van der Waals surface area contributed by atoms with Crippen LogP contribution < -0.4 is 20.1 Å². The van der Waals surface area contributed by atoms with E-state index in [-0.39, 0.29) is 0 Å². The van der Waals surface area contributed by atoms with Gasteiger partial charge in [-0.05, 0) is 30.7 Å². The second-order valence-corrected chi connectivity index (χ2v) is 5.27. The molecular weight excluding hydrogens is 318 g/mol. The van der Waals surface area contributed by atoms with Crippen LogP contribution in [0.15, 0.2) is 48.8 Å². The monoisotopic (exact) mass is 337 g/mol. The van der Waals surface area contributed by atoms with Gasteiger partial charge in [0.25, 0.3) is 0 Å². The fraction of sp³-hybridized carbons (Fsp3) is 0.167. The number of anilines is 4. The Kier molecular flexibility index (Phi) is 4.94. The second-order valence-electron chi connectivity index (χ2n) is 5.27. The van der Waals surface area contributed by atoms with E-state index < -0.39 is 0 Å². The Morgan fingerprint density at radius 2 is 1.56 bits per heavy atom. The fourth-order valence-corrected chi connectivity index (χ4v) is 2.29. The summed E-state index contributed by atoms with van der Waals surface area (Å²) in [7, 11) is 3.19. The molecule has 0 aliphatic rings. The molecule has 0 unspecified atom stereocenters. The van der Waals surface area contributed by atoms with E-state index in [0.717, 1.165) is 16.9 Å². The Hall–Kier alpha value is -3.35. The van der Waals surface area contributed by atoms with Gasteiger partial charge in [0.2, 0.25) is 11.9 Å². The van der Waals surface area contributed by atoms with Gasteiger partial charge in [0, 0.05) is 17.4 Å². The Balaban J connectivity index is 1.79. The van der Waals surface area contributed by atoms with Gasteiger partial charge in [0.15, 0.2) is 11.5 Å². The molecule has 0 radical (unpaired) electrons. The van der Waals surface area contributed by atoms with E-state index in [1.165, 1.54) is 6.33 Å². The van der Waals surface area contributed by atoms with Crippen LogP contribution in [0.1, 0.15) is 5.56 Å². The number of hydrogen-bond acceptors (Lipinski definition) is 7. The molecule has 25 heavy (non-hydrogen) atoms. The minimum atomic E-state index is 0.429. The summed E-state index contributed by atoms with van der Waals surface area (Å²) in [5, 5.41) is 6.33. The number of rotatable bonds is 6. The first-order valence-corrected chi connectivity index (χ1v) is 7.70. The minimum absolute atomic E-state index is 0.429. The van der Waals surface area contributed by atoms with E-state index >= 15 is 0 Å². The van der Waals surface area contributed by atoms with Gasteiger partial charge in [-0.3, -0.25) is 0 Å². The molecule has 0 atom stereocenters. The smallest absolute Gasteiger partial charge is 0.232 e. The summed E-state index contributed by atoms with van der Waals surface area (Å²) in [5.74, 6) is 2.18. The Labute approximate surface area is 146 Å². The molecule has 7 heteroatoms. The van der Waals surface area contributed by atoms with E-state index in [4.69, 9.17) is 9.47 Å². The summed E-state index contributed by atoms with van der Waals surface area (Å²) in [6, 6.07) is 13.4. The van der Waals surface area contributed by atoms with Crippen molar-refractivity contribution in [1.29, 1.82) is 0 Å². The van der Waals surface area contributed by atoms with Crippen LogP contribution in [0.4, 0.5) is 23.3 Å². The third-order valence-electron chi connectivity index (χ3n) is 3.60. The summed E-state index contributed by atoms with van der Waals surface area (Å²) in [6.45, 7) is 2.02. The largest absolute Gasteiger partial charge is 0.493 e. The van der Waals surface area contributed by atoms with Gasteiger partial charge >= 0.3 is 0 Å². The van der Waals surface area contributed by atoms with Gasteiger partial charge in [-0.25, -0.2) is 9.97 Å². The zero-order chi connectivity index (χ0) is 17.6. The van der Waals surface area contributed by atoms with Crippen LogP contribution in [-0.2, 0) is 0 Å². The number of benzene rings is 2. The second kappa shape index (κ2) is 7.48. The highest BCUT2D eigenvalue weighted by Gasteiger charge is 2.07. The van der Waals surface area contributed by atoms with Crippen LogP contribution in [0.5, 0.6) is 11.5 Å². The lowest BCUT2D eigenvalue weighted by Gasteiger charge is -2.11. The summed E-state index contributed by atoms with van der Waals surface area (Å²) in [6.07, 6.45) is 1.46. The molecule has 3 aromatic rings. The topological polar surface area (TPSA) is 81.2 Å². The molecule has 0 bridgehead atoms. The van der Waals surface area contributed by atoms with Gasteiger partial charge in [-0.2, -0.15) is 4.98 Å².